The molecule has 0 unspecified atom stereocenters. The zero-order valence-corrected chi connectivity index (χ0v) is 17.3. The van der Waals surface area contributed by atoms with Crippen molar-refractivity contribution in [2.24, 2.45) is 19.2 Å². The van der Waals surface area contributed by atoms with Gasteiger partial charge < -0.3 is 17.0 Å². The Morgan fingerprint density at radius 1 is 1.15 bits per heavy atom. The van der Waals surface area contributed by atoms with E-state index in [-0.39, 0.29) is 12.4 Å². The number of rotatable bonds is 3. The van der Waals surface area contributed by atoms with E-state index < -0.39 is 0 Å². The Balaban J connectivity index is 0.00000196. The average Bonchev–Trinajstić information content (AvgIpc) is 3.10. The first kappa shape index (κ1) is 18.9. The third kappa shape index (κ3) is 3.50. The molecule has 4 aromatic rings. The van der Waals surface area contributed by atoms with Crippen molar-refractivity contribution in [2.75, 3.05) is 0 Å². The van der Waals surface area contributed by atoms with Gasteiger partial charge in [-0.3, -0.25) is 5.43 Å². The highest BCUT2D eigenvalue weighted by atomic mass is 35.5. The van der Waals surface area contributed by atoms with Crippen LogP contribution in [0.25, 0.3) is 26.5 Å². The molecule has 0 aliphatic heterocycles. The number of hydrogen-bond donors (Lipinski definition) is 1. The van der Waals surface area contributed by atoms with E-state index >= 15 is 0 Å². The Morgan fingerprint density at radius 2 is 1.96 bits per heavy atom. The summed E-state index contributed by atoms with van der Waals surface area (Å²) in [5.74, 6) is 0. The molecule has 0 radical (unpaired) electrons. The van der Waals surface area contributed by atoms with E-state index in [0.717, 1.165) is 20.3 Å². The number of para-hydroxylation sites is 1. The van der Waals surface area contributed by atoms with E-state index in [1.54, 1.807) is 22.7 Å². The summed E-state index contributed by atoms with van der Waals surface area (Å²) < 4.78 is 6.65. The van der Waals surface area contributed by atoms with E-state index in [2.05, 4.69) is 37.9 Å². The molecule has 1 N–H and O–H groups in total. The highest BCUT2D eigenvalue weighted by Gasteiger charge is 2.14. The second-order valence-electron chi connectivity index (χ2n) is 5.60. The quantitative estimate of drug-likeness (QED) is 0.387. The van der Waals surface area contributed by atoms with Crippen molar-refractivity contribution in [3.05, 3.63) is 63.5 Å². The Kier molecular flexibility index (Phi) is 5.67. The minimum absolute atomic E-state index is 0. The van der Waals surface area contributed by atoms with E-state index in [1.165, 1.54) is 14.9 Å². The van der Waals surface area contributed by atoms with Crippen LogP contribution in [-0.2, 0) is 14.1 Å². The Labute approximate surface area is 170 Å². The molecule has 0 fully saturated rings. The predicted molar refractivity (Wildman–Crippen MR) is 107 cm³/mol. The maximum atomic E-state index is 6.09. The molecule has 4 rings (SSSR count). The van der Waals surface area contributed by atoms with E-state index in [1.807, 2.05) is 50.6 Å². The molecule has 0 aliphatic rings. The molecule has 2 aromatic carbocycles. The lowest BCUT2D eigenvalue weighted by molar-refractivity contribution is -0.642. The molecule has 0 saturated heterocycles. The zero-order chi connectivity index (χ0) is 17.4. The smallest absolute Gasteiger partial charge is 0.264 e. The number of aryl methyl sites for hydroxylation is 2. The number of fused-ring (bicyclic) bond motifs is 2. The van der Waals surface area contributed by atoms with Crippen LogP contribution in [0, 0.1) is 0 Å². The molecule has 0 saturated carbocycles. The molecule has 0 aliphatic carbocycles. The van der Waals surface area contributed by atoms with Crippen LogP contribution in [0.15, 0.2) is 53.8 Å². The summed E-state index contributed by atoms with van der Waals surface area (Å²) in [6, 6.07) is 14.3. The fourth-order valence-corrected chi connectivity index (χ4v) is 4.86. The standard InChI is InChI=1S/C18H15ClN4S2.ClH/c1-22-14-11-12(19)7-8-16(14)24-17(22)9-10-20-21-18-23(2)13-5-3-4-6-15(13)25-18;/h3-11H,1-2H3;1H/b21-18+;. The van der Waals surface area contributed by atoms with E-state index in [0.29, 0.717) is 0 Å². The summed E-state index contributed by atoms with van der Waals surface area (Å²) in [5, 5.41) is 6.35. The van der Waals surface area contributed by atoms with Gasteiger partial charge in [-0.1, -0.05) is 46.4 Å². The highest BCUT2D eigenvalue weighted by molar-refractivity contribution is 7.18. The summed E-state index contributed by atoms with van der Waals surface area (Å²) in [7, 11) is 4.07. The molecule has 8 heteroatoms. The first-order valence-corrected chi connectivity index (χ1v) is 9.73. The molecular weight excluding hydrogens is 407 g/mol. The number of hydrogen-bond acceptors (Lipinski definition) is 4. The van der Waals surface area contributed by atoms with Gasteiger partial charge in [0.05, 0.1) is 10.2 Å². The van der Waals surface area contributed by atoms with Crippen LogP contribution in [0.5, 0.6) is 0 Å². The minimum atomic E-state index is 0. The fourth-order valence-electron chi connectivity index (χ4n) is 2.67. The largest absolute Gasteiger partial charge is 1.00 e. The van der Waals surface area contributed by atoms with Crippen LogP contribution in [-0.4, -0.2) is 4.57 Å². The summed E-state index contributed by atoms with van der Waals surface area (Å²) in [6.45, 7) is 0. The molecule has 0 atom stereocenters. The highest BCUT2D eigenvalue weighted by Crippen LogP contribution is 2.23. The number of benzene rings is 2. The zero-order valence-electron chi connectivity index (χ0n) is 14.1. The summed E-state index contributed by atoms with van der Waals surface area (Å²) in [6.07, 6.45) is 3.88. The SMILES string of the molecule is Cn1/c(=N\N/C=C/c2sc3ccc(Cl)cc3[n+]2C)sc2ccccc21.[Cl-]. The van der Waals surface area contributed by atoms with Crippen molar-refractivity contribution in [1.29, 1.82) is 0 Å². The van der Waals surface area contributed by atoms with Gasteiger partial charge >= 0.3 is 0 Å². The maximum absolute atomic E-state index is 6.09. The lowest BCUT2D eigenvalue weighted by Gasteiger charge is -1.93. The second-order valence-corrected chi connectivity index (χ2v) is 8.10. The van der Waals surface area contributed by atoms with Crippen molar-refractivity contribution in [3.8, 4) is 0 Å². The number of nitrogens with one attached hydrogen (secondary N) is 1. The molecule has 134 valence electrons. The molecule has 2 aromatic heterocycles. The Bertz CT molecular complexity index is 1170. The number of halogens is 2. The maximum Gasteiger partial charge on any atom is 0.264 e. The van der Waals surface area contributed by atoms with Crippen LogP contribution in [0.3, 0.4) is 0 Å². The Hall–Kier alpha value is -1.86. The third-order valence-electron chi connectivity index (χ3n) is 4.00. The molecule has 4 nitrogen and oxygen atoms in total. The topological polar surface area (TPSA) is 33.2 Å². The van der Waals surface area contributed by atoms with Gasteiger partial charge in [-0.05, 0) is 24.3 Å². The normalized spacial score (nSPS) is 12.2. The van der Waals surface area contributed by atoms with Crippen LogP contribution >= 0.6 is 34.3 Å². The van der Waals surface area contributed by atoms with Gasteiger partial charge in [0.15, 0.2) is 0 Å². The van der Waals surface area contributed by atoms with Gasteiger partial charge in [0.1, 0.15) is 11.7 Å². The molecule has 2 heterocycles. The van der Waals surface area contributed by atoms with Gasteiger partial charge in [0.25, 0.3) is 5.01 Å². The van der Waals surface area contributed by atoms with Crippen molar-refractivity contribution >= 4 is 60.8 Å². The monoisotopic (exact) mass is 422 g/mol. The van der Waals surface area contributed by atoms with Gasteiger partial charge in [-0.15, -0.1) is 5.10 Å². The summed E-state index contributed by atoms with van der Waals surface area (Å²) in [5.41, 5.74) is 5.35. The molecular formula is C18H16Cl2N4S2. The number of aromatic nitrogens is 2. The van der Waals surface area contributed by atoms with Crippen molar-refractivity contribution < 1.29 is 17.0 Å². The van der Waals surface area contributed by atoms with E-state index in [9.17, 15) is 0 Å². The van der Waals surface area contributed by atoms with Crippen LogP contribution < -0.4 is 27.2 Å². The first-order chi connectivity index (χ1) is 12.1. The number of thiazole rings is 2. The first-order valence-electron chi connectivity index (χ1n) is 7.72. The van der Waals surface area contributed by atoms with Crippen molar-refractivity contribution in [3.63, 3.8) is 0 Å². The fraction of sp³-hybridized carbons (Fsp3) is 0.111. The number of nitrogens with zero attached hydrogens (tertiary/aromatic N) is 3. The van der Waals surface area contributed by atoms with Crippen LogP contribution in [0.2, 0.25) is 5.02 Å². The van der Waals surface area contributed by atoms with Crippen LogP contribution in [0.4, 0.5) is 0 Å². The minimum Gasteiger partial charge on any atom is -1.00 e. The van der Waals surface area contributed by atoms with Crippen molar-refractivity contribution in [2.45, 2.75) is 0 Å². The van der Waals surface area contributed by atoms with Crippen molar-refractivity contribution in [1.82, 2.24) is 9.99 Å². The molecule has 0 spiro atoms. The average molecular weight is 423 g/mol. The second kappa shape index (κ2) is 7.80. The summed E-state index contributed by atoms with van der Waals surface area (Å²) in [4.78, 5) is 0.929. The lowest BCUT2D eigenvalue weighted by Crippen LogP contribution is -3.00. The van der Waals surface area contributed by atoms with Gasteiger partial charge in [-0.25, -0.2) is 0 Å². The molecule has 26 heavy (non-hydrogen) atoms. The van der Waals surface area contributed by atoms with Crippen LogP contribution in [0.1, 0.15) is 5.01 Å². The summed E-state index contributed by atoms with van der Waals surface area (Å²) >= 11 is 9.47. The molecule has 0 amide bonds. The lowest BCUT2D eigenvalue weighted by atomic mass is 10.3. The third-order valence-corrected chi connectivity index (χ3v) is 6.54. The predicted octanol–water partition coefficient (Wildman–Crippen LogP) is 1.01. The van der Waals surface area contributed by atoms with Gasteiger partial charge in [-0.2, -0.15) is 4.57 Å². The molecule has 0 bridgehead atoms. The van der Waals surface area contributed by atoms with Gasteiger partial charge in [0, 0.05) is 30.4 Å². The van der Waals surface area contributed by atoms with E-state index in [4.69, 9.17) is 11.6 Å². The Morgan fingerprint density at radius 3 is 2.77 bits per heavy atom. The van der Waals surface area contributed by atoms with Gasteiger partial charge in [0.2, 0.25) is 10.3 Å².